The number of benzene rings is 1. The first kappa shape index (κ1) is 20.1. The number of hydrogen-bond acceptors (Lipinski definition) is 4. The lowest BCUT2D eigenvalue weighted by molar-refractivity contribution is 0.0349. The number of carbonyl (C=O) groups is 1. The number of piperidine rings is 1. The normalized spacial score (nSPS) is 20.3. The molecular formula is C24H25ClN4O2. The zero-order valence-corrected chi connectivity index (χ0v) is 18.7. The van der Waals surface area contributed by atoms with Crippen molar-refractivity contribution in [2.75, 3.05) is 6.54 Å². The Bertz CT molecular complexity index is 1160. The van der Waals surface area contributed by atoms with Gasteiger partial charge in [0.1, 0.15) is 6.10 Å². The lowest BCUT2D eigenvalue weighted by Crippen LogP contribution is -2.49. The molecule has 1 saturated heterocycles. The molecule has 6 nitrogen and oxygen atoms in total. The van der Waals surface area contributed by atoms with Crippen molar-refractivity contribution in [3.8, 4) is 17.0 Å². The number of amides is 1. The molecule has 1 aromatic carbocycles. The lowest BCUT2D eigenvalue weighted by atomic mass is 9.93. The van der Waals surface area contributed by atoms with E-state index in [1.54, 1.807) is 10.9 Å². The number of hydrogen-bond donors (Lipinski definition) is 0. The van der Waals surface area contributed by atoms with Gasteiger partial charge in [-0.1, -0.05) is 17.7 Å². The second kappa shape index (κ2) is 7.68. The van der Waals surface area contributed by atoms with Crippen molar-refractivity contribution in [1.82, 2.24) is 19.7 Å². The fourth-order valence-corrected chi connectivity index (χ4v) is 4.84. The van der Waals surface area contributed by atoms with Crippen LogP contribution in [0.15, 0.2) is 36.8 Å². The first-order chi connectivity index (χ1) is 14.9. The largest absolute Gasteiger partial charge is 0.488 e. The summed E-state index contributed by atoms with van der Waals surface area (Å²) >= 11 is 6.73. The summed E-state index contributed by atoms with van der Waals surface area (Å²) in [6.45, 7) is 4.80. The maximum Gasteiger partial charge on any atom is 0.257 e. The molecule has 3 aliphatic rings. The van der Waals surface area contributed by atoms with E-state index in [0.717, 1.165) is 47.3 Å². The molecule has 2 atom stereocenters. The van der Waals surface area contributed by atoms with Crippen LogP contribution in [0, 0.1) is 6.92 Å². The third-order valence-corrected chi connectivity index (χ3v) is 6.85. The van der Waals surface area contributed by atoms with Crippen molar-refractivity contribution in [3.63, 3.8) is 0 Å². The summed E-state index contributed by atoms with van der Waals surface area (Å²) in [5, 5.41) is 4.75. The van der Waals surface area contributed by atoms with E-state index in [4.69, 9.17) is 16.3 Å². The van der Waals surface area contributed by atoms with Crippen molar-refractivity contribution in [2.24, 2.45) is 7.05 Å². The molecule has 0 N–H and O–H groups in total. The molecule has 3 aromatic rings. The summed E-state index contributed by atoms with van der Waals surface area (Å²) in [6.07, 6.45) is 8.06. The Kier molecular flexibility index (Phi) is 4.97. The van der Waals surface area contributed by atoms with Crippen LogP contribution >= 0.6 is 11.6 Å². The molecule has 7 heteroatoms. The zero-order chi connectivity index (χ0) is 21.7. The molecule has 0 spiro atoms. The Balaban J connectivity index is 1.48. The summed E-state index contributed by atoms with van der Waals surface area (Å²) in [6, 6.07) is 6.19. The topological polar surface area (TPSA) is 60.2 Å². The van der Waals surface area contributed by atoms with Gasteiger partial charge < -0.3 is 9.64 Å². The van der Waals surface area contributed by atoms with Crippen LogP contribution in [0.5, 0.6) is 5.75 Å². The number of carbonyl (C=O) groups excluding carboxylic acids is 1. The van der Waals surface area contributed by atoms with E-state index in [0.29, 0.717) is 22.8 Å². The van der Waals surface area contributed by atoms with Crippen molar-refractivity contribution in [2.45, 2.75) is 45.3 Å². The lowest BCUT2D eigenvalue weighted by Gasteiger charge is -2.41. The summed E-state index contributed by atoms with van der Waals surface area (Å²) in [4.78, 5) is 19.8. The van der Waals surface area contributed by atoms with Crippen LogP contribution in [0.1, 0.15) is 46.8 Å². The third kappa shape index (κ3) is 3.59. The van der Waals surface area contributed by atoms with Crippen molar-refractivity contribution < 1.29 is 9.53 Å². The second-order valence-electron chi connectivity index (χ2n) is 8.59. The molecular weight excluding hydrogens is 412 g/mol. The highest BCUT2D eigenvalue weighted by Crippen LogP contribution is 2.40. The number of nitrogens with zero attached hydrogens (tertiary/aromatic N) is 4. The van der Waals surface area contributed by atoms with E-state index >= 15 is 0 Å². The van der Waals surface area contributed by atoms with Gasteiger partial charge in [-0.15, -0.1) is 0 Å². The maximum absolute atomic E-state index is 13.3. The van der Waals surface area contributed by atoms with Crippen LogP contribution in [0.4, 0.5) is 0 Å². The Morgan fingerprint density at radius 1 is 1.29 bits per heavy atom. The van der Waals surface area contributed by atoms with Gasteiger partial charge >= 0.3 is 0 Å². The van der Waals surface area contributed by atoms with Crippen LogP contribution in [0.3, 0.4) is 0 Å². The van der Waals surface area contributed by atoms with E-state index in [1.165, 1.54) is 0 Å². The predicted octanol–water partition coefficient (Wildman–Crippen LogP) is 4.42. The van der Waals surface area contributed by atoms with Gasteiger partial charge in [0.2, 0.25) is 0 Å². The van der Waals surface area contributed by atoms with Crippen LogP contribution in [0.2, 0.25) is 5.02 Å². The third-order valence-electron chi connectivity index (χ3n) is 6.40. The van der Waals surface area contributed by atoms with E-state index < -0.39 is 0 Å². The highest BCUT2D eigenvalue weighted by atomic mass is 35.5. The fraction of sp³-hybridized carbons (Fsp3) is 0.375. The van der Waals surface area contributed by atoms with Crippen molar-refractivity contribution >= 4 is 17.5 Å². The summed E-state index contributed by atoms with van der Waals surface area (Å²) < 4.78 is 8.01. The molecule has 0 unspecified atom stereocenters. The molecule has 5 heterocycles. The molecule has 1 amide bonds. The number of fused-ring (bicyclic) bond motifs is 2. The average Bonchev–Trinajstić information content (AvgIpc) is 3.19. The highest BCUT2D eigenvalue weighted by molar-refractivity contribution is 6.33. The molecule has 0 saturated carbocycles. The molecule has 6 rings (SSSR count). The van der Waals surface area contributed by atoms with Gasteiger partial charge in [0.25, 0.3) is 5.91 Å². The summed E-state index contributed by atoms with van der Waals surface area (Å²) in [5.41, 5.74) is 5.45. The van der Waals surface area contributed by atoms with Gasteiger partial charge in [-0.25, -0.2) is 0 Å². The van der Waals surface area contributed by atoms with Crippen molar-refractivity contribution in [3.05, 3.63) is 64.1 Å². The van der Waals surface area contributed by atoms with E-state index in [-0.39, 0.29) is 18.1 Å². The van der Waals surface area contributed by atoms with E-state index in [2.05, 4.69) is 23.1 Å². The van der Waals surface area contributed by atoms with E-state index in [9.17, 15) is 4.79 Å². The van der Waals surface area contributed by atoms with Crippen LogP contribution in [0.25, 0.3) is 11.3 Å². The molecule has 2 bridgehead atoms. The smallest absolute Gasteiger partial charge is 0.257 e. The maximum atomic E-state index is 13.3. The van der Waals surface area contributed by atoms with Gasteiger partial charge in [0.15, 0.2) is 5.75 Å². The van der Waals surface area contributed by atoms with Gasteiger partial charge in [-0.3, -0.25) is 14.5 Å². The number of aromatic nitrogens is 3. The molecule has 31 heavy (non-hydrogen) atoms. The summed E-state index contributed by atoms with van der Waals surface area (Å²) in [7, 11) is 1.89. The van der Waals surface area contributed by atoms with Crippen LogP contribution in [-0.4, -0.2) is 44.3 Å². The van der Waals surface area contributed by atoms with Crippen LogP contribution in [-0.2, 0) is 13.5 Å². The average molecular weight is 437 g/mol. The first-order valence-electron chi connectivity index (χ1n) is 10.6. The SMILES string of the molecule is Cc1c(Cc2ccc(-c3cnn(C)c3)nc2)cc2c(c1Cl)O[C@H]1CCN(C2=O)[C@H](C)C1. The fourth-order valence-electron chi connectivity index (χ4n) is 4.57. The molecule has 0 aliphatic carbocycles. The molecule has 0 radical (unpaired) electrons. The Labute approximate surface area is 186 Å². The number of pyridine rings is 1. The molecule has 160 valence electrons. The monoisotopic (exact) mass is 436 g/mol. The standard InChI is InChI=1S/C24H25ClN4O2/c1-14-8-19-6-7-29(14)24(30)20-10-17(15(2)22(25)23(20)31-19)9-16-4-5-21(26-11-16)18-12-27-28(3)13-18/h4-5,10-14,19H,6-9H2,1-3H3/t14-,19+/m1/s1. The highest BCUT2D eigenvalue weighted by Gasteiger charge is 2.36. The van der Waals surface area contributed by atoms with Crippen LogP contribution < -0.4 is 4.74 Å². The number of halogens is 1. The summed E-state index contributed by atoms with van der Waals surface area (Å²) in [5.74, 6) is 0.549. The minimum atomic E-state index is 0.00819. The van der Waals surface area contributed by atoms with Gasteiger partial charge in [-0.05, 0) is 49.1 Å². The van der Waals surface area contributed by atoms with Crippen molar-refractivity contribution in [1.29, 1.82) is 0 Å². The minimum absolute atomic E-state index is 0.00819. The zero-order valence-electron chi connectivity index (χ0n) is 17.9. The van der Waals surface area contributed by atoms with Gasteiger partial charge in [-0.2, -0.15) is 5.10 Å². The Morgan fingerprint density at radius 2 is 2.13 bits per heavy atom. The number of ether oxygens (including phenoxy) is 1. The quantitative estimate of drug-likeness (QED) is 0.609. The number of rotatable bonds is 3. The molecule has 2 aromatic heterocycles. The second-order valence-corrected chi connectivity index (χ2v) is 8.97. The molecule has 3 aliphatic heterocycles. The van der Waals surface area contributed by atoms with Gasteiger partial charge in [0.05, 0.1) is 22.5 Å². The Hall–Kier alpha value is -2.86. The Morgan fingerprint density at radius 3 is 2.81 bits per heavy atom. The van der Waals surface area contributed by atoms with Gasteiger partial charge in [0, 0.05) is 50.4 Å². The number of aryl methyl sites for hydroxylation is 1. The predicted molar refractivity (Wildman–Crippen MR) is 120 cm³/mol. The van der Waals surface area contributed by atoms with E-state index in [1.807, 2.05) is 43.4 Å². The first-order valence-corrected chi connectivity index (χ1v) is 11.0. The molecule has 1 fully saturated rings. The minimum Gasteiger partial charge on any atom is -0.488 e.